The van der Waals surface area contributed by atoms with Crippen LogP contribution in [-0.4, -0.2) is 51.0 Å². The number of hydrogen-bond donors (Lipinski definition) is 2. The van der Waals surface area contributed by atoms with Gasteiger partial charge in [0.1, 0.15) is 0 Å². The normalized spacial score (nSPS) is 11.8. The van der Waals surface area contributed by atoms with Crippen LogP contribution in [0.4, 0.5) is 12.9 Å². The second kappa shape index (κ2) is 40.7. The van der Waals surface area contributed by atoms with Gasteiger partial charge < -0.3 is 39.6 Å². The Hall–Kier alpha value is -3.62. The average Bonchev–Trinajstić information content (AvgIpc) is 3.31. The van der Waals surface area contributed by atoms with E-state index < -0.39 is 39.7 Å². The molecule has 0 fully saturated rings. The monoisotopic (exact) mass is 1230 g/mol. The fourth-order valence-corrected chi connectivity index (χ4v) is 7.89. The standard InChI is InChI=1S/2C16H19N2O2S.2C10H14.2CH3.BF3.ClH.FH.2Ru/c2*1-17-15(13-9-5-3-6-10-13)16(18-21(2,19)20)14-11-7-4-8-12-14;2*1-8(2)10-6-4-9(3)5-7-10;;;2-1(3)4;;;;/h2*3-12,15-17H,1-2H3;2*4-8H,1-3H3;2*1H3;;2*1H;;/q2*-1;;;2*-1;;;;2*+4/p-2/t2*15-,16-;;;;;;;;;/m00........./s1. The SMILES string of the molecule is CN[C@@H](c1ccccc1)[C@@H]([N-]S(C)(=O)=O)c1ccccc1.CN[C@@H](c1ccccc1)[C@@H]([N-]S(C)(=O)=O)c1ccccc1.Cc1ccc(C(C)C)cc1.Cc1ccc(C(C)C)cc1.FB(F)F.[CH3-].[CH3-].[Cl][Ru+3].[F-].[Ru+4]. The van der Waals surface area contributed by atoms with Gasteiger partial charge in [0, 0.05) is 24.6 Å². The van der Waals surface area contributed by atoms with E-state index in [2.05, 4.69) is 120 Å². The molecule has 0 heterocycles. The van der Waals surface area contributed by atoms with Gasteiger partial charge in [0.2, 0.25) is 0 Å². The van der Waals surface area contributed by atoms with Crippen molar-refractivity contribution in [2.75, 3.05) is 26.6 Å². The van der Waals surface area contributed by atoms with Crippen LogP contribution in [0.5, 0.6) is 0 Å². The van der Waals surface area contributed by atoms with Gasteiger partial charge in [-0.25, -0.2) is 16.8 Å². The van der Waals surface area contributed by atoms with Crippen molar-refractivity contribution >= 4 is 37.3 Å². The molecule has 6 rings (SSSR count). The Kier molecular flexibility index (Phi) is 42.4. The molecule has 0 aliphatic heterocycles. The Bertz CT molecular complexity index is 2270. The van der Waals surface area contributed by atoms with Crippen LogP contribution >= 0.6 is 9.69 Å². The molecule has 18 heteroatoms. The van der Waals surface area contributed by atoms with Gasteiger partial charge in [-0.15, -0.1) is 0 Å². The van der Waals surface area contributed by atoms with Gasteiger partial charge in [0.05, 0.1) is 20.0 Å². The topological polar surface area (TPSA) is 121 Å². The maximum absolute atomic E-state index is 11.7. The summed E-state index contributed by atoms with van der Waals surface area (Å²) >= 11 is 1.82. The minimum absolute atomic E-state index is 0. The van der Waals surface area contributed by atoms with Crippen LogP contribution in [0.2, 0.25) is 0 Å². The summed E-state index contributed by atoms with van der Waals surface area (Å²) in [6.07, 6.45) is 2.25. The second-order valence-corrected chi connectivity index (χ2v) is 19.5. The molecule has 72 heavy (non-hydrogen) atoms. The van der Waals surface area contributed by atoms with Crippen molar-refractivity contribution in [3.05, 3.63) is 239 Å². The van der Waals surface area contributed by atoms with Crippen LogP contribution in [0, 0.1) is 28.7 Å². The molecule has 2 N–H and O–H groups in total. The second-order valence-electron chi connectivity index (χ2n) is 16.1. The van der Waals surface area contributed by atoms with Gasteiger partial charge >= 0.3 is 54.0 Å². The molecule has 0 unspecified atom stereocenters. The predicted molar refractivity (Wildman–Crippen MR) is 290 cm³/mol. The number of benzene rings is 6. The van der Waals surface area contributed by atoms with Crippen molar-refractivity contribution in [2.24, 2.45) is 0 Å². The summed E-state index contributed by atoms with van der Waals surface area (Å²) in [4.78, 5) is 0. The largest absolute Gasteiger partial charge is 4.00 e. The van der Waals surface area contributed by atoms with E-state index >= 15 is 0 Å². The summed E-state index contributed by atoms with van der Waals surface area (Å²) in [5, 5.41) is 6.36. The minimum Gasteiger partial charge on any atom is -1.00 e. The maximum Gasteiger partial charge on any atom is 4.00 e. The zero-order chi connectivity index (χ0) is 51.3. The van der Waals surface area contributed by atoms with Crippen LogP contribution in [0.25, 0.3) is 9.44 Å². The Morgan fingerprint density at radius 1 is 0.458 bits per heavy atom. The Labute approximate surface area is 458 Å². The molecule has 0 saturated carbocycles. The first-order chi connectivity index (χ1) is 32.1. The number of aryl methyl sites for hydroxylation is 2. The van der Waals surface area contributed by atoms with Crippen LogP contribution < -0.4 is 15.3 Å². The van der Waals surface area contributed by atoms with Gasteiger partial charge in [-0.05, 0) is 62.0 Å². The van der Waals surface area contributed by atoms with E-state index in [0.717, 1.165) is 34.8 Å². The third-order valence-corrected chi connectivity index (χ3v) is 11.2. The van der Waals surface area contributed by atoms with Crippen LogP contribution in [0.1, 0.15) is 108 Å². The van der Waals surface area contributed by atoms with Crippen molar-refractivity contribution in [1.82, 2.24) is 10.6 Å². The molecule has 0 amide bonds. The number of nitrogens with one attached hydrogen (secondary N) is 2. The number of nitrogens with zero attached hydrogens (tertiary/aromatic N) is 2. The fourth-order valence-electron chi connectivity index (χ4n) is 6.58. The van der Waals surface area contributed by atoms with Crippen molar-refractivity contribution in [1.29, 1.82) is 0 Å². The van der Waals surface area contributed by atoms with E-state index in [0.29, 0.717) is 11.8 Å². The summed E-state index contributed by atoms with van der Waals surface area (Å²) in [6, 6.07) is 54.4. The third-order valence-electron chi connectivity index (χ3n) is 9.95. The van der Waals surface area contributed by atoms with Gasteiger partial charge in [-0.1, -0.05) is 232 Å². The van der Waals surface area contributed by atoms with E-state index in [4.69, 9.17) is 0 Å². The fraction of sp³-hybridized carbons (Fsp3) is 0.296. The molecule has 0 aliphatic carbocycles. The average molecular weight is 1230 g/mol. The van der Waals surface area contributed by atoms with E-state index in [1.807, 2.05) is 153 Å². The quantitative estimate of drug-likeness (QED) is 0.0637. The Morgan fingerprint density at radius 2 is 0.667 bits per heavy atom. The molecule has 0 radical (unpaired) electrons. The third kappa shape index (κ3) is 31.9. The Balaban J connectivity index is -0.000000423. The van der Waals surface area contributed by atoms with E-state index in [1.165, 1.54) is 22.3 Å². The van der Waals surface area contributed by atoms with Crippen molar-refractivity contribution in [3.63, 3.8) is 0 Å². The first-order valence-electron chi connectivity index (χ1n) is 21.7. The molecule has 396 valence electrons. The molecule has 6 aromatic carbocycles. The van der Waals surface area contributed by atoms with Crippen molar-refractivity contribution in [3.8, 4) is 0 Å². The van der Waals surface area contributed by atoms with E-state index in [1.54, 1.807) is 0 Å². The number of halogens is 5. The van der Waals surface area contributed by atoms with Crippen molar-refractivity contribution < 1.29 is 71.3 Å². The van der Waals surface area contributed by atoms with Gasteiger partial charge in [-0.2, -0.15) is 0 Å². The number of hydrogen-bond acceptors (Lipinski definition) is 6. The first kappa shape index (κ1) is 74.9. The molecule has 0 spiro atoms. The number of rotatable bonds is 14. The summed E-state index contributed by atoms with van der Waals surface area (Å²) in [5.74, 6) is 1.31. The molecule has 6 aromatic rings. The Morgan fingerprint density at radius 3 is 0.847 bits per heavy atom. The van der Waals surface area contributed by atoms with Gasteiger partial charge in [-0.3, -0.25) is 12.9 Å². The maximum atomic E-state index is 11.7. The minimum atomic E-state index is -3.67. The number of likely N-dealkylation sites (N-methyl/N-ethyl adjacent to an activating group) is 2. The number of sulfonamides is 2. The predicted octanol–water partition coefficient (Wildman–Crippen LogP) is 11.7. The zero-order valence-corrected chi connectivity index (χ0v) is 49.0. The van der Waals surface area contributed by atoms with E-state index in [-0.39, 0.29) is 51.1 Å². The van der Waals surface area contributed by atoms with Gasteiger partial charge in [0.15, 0.2) is 0 Å². The molecule has 0 aliphatic rings. The zero-order valence-electron chi connectivity index (χ0n) is 43.1. The molecular formula is C54H72BClF4N4O4Ru2S2+2. The van der Waals surface area contributed by atoms with Crippen molar-refractivity contribution in [2.45, 2.75) is 77.5 Å². The summed E-state index contributed by atoms with van der Waals surface area (Å²) in [7, 11) is -2.38. The molecule has 0 saturated heterocycles. The van der Waals surface area contributed by atoms with Crippen LogP contribution in [0.15, 0.2) is 170 Å². The first-order valence-corrected chi connectivity index (χ1v) is 27.7. The summed E-state index contributed by atoms with van der Waals surface area (Å²) in [5.41, 5.74) is 9.25. The molecule has 8 nitrogen and oxygen atoms in total. The summed E-state index contributed by atoms with van der Waals surface area (Å²) < 4.78 is 83.8. The smallest absolute Gasteiger partial charge is 1.00 e. The molecular weight excluding hydrogens is 1160 g/mol. The van der Waals surface area contributed by atoms with E-state index in [9.17, 15) is 29.8 Å². The van der Waals surface area contributed by atoms with Crippen LogP contribution in [0.3, 0.4) is 0 Å². The summed E-state index contributed by atoms with van der Waals surface area (Å²) in [6.45, 7) is 13.1. The molecule has 0 bridgehead atoms. The molecule has 4 atom stereocenters. The molecule has 0 aromatic heterocycles. The van der Waals surface area contributed by atoms with Crippen LogP contribution in [-0.2, 0) is 56.8 Å². The van der Waals surface area contributed by atoms with Gasteiger partial charge in [0.25, 0.3) is 0 Å².